The van der Waals surface area contributed by atoms with Gasteiger partial charge in [0.15, 0.2) is 5.58 Å². The average molecular weight is 361 g/mol. The molecule has 0 bridgehead atoms. The van der Waals surface area contributed by atoms with E-state index in [0.717, 1.165) is 21.9 Å². The number of ether oxygens (including phenoxy) is 1. The van der Waals surface area contributed by atoms with Crippen LogP contribution < -0.4 is 5.76 Å². The third-order valence-corrected chi connectivity index (χ3v) is 4.53. The Morgan fingerprint density at radius 1 is 0.963 bits per heavy atom. The maximum Gasteiger partial charge on any atom is 0.419 e. The molecule has 5 nitrogen and oxygen atoms in total. The molecule has 1 heterocycles. The van der Waals surface area contributed by atoms with Gasteiger partial charge < -0.3 is 9.15 Å². The number of nitrogens with zero attached hydrogens (tertiary/aromatic N) is 1. The largest absolute Gasteiger partial charge is 0.465 e. The second kappa shape index (κ2) is 7.50. The summed E-state index contributed by atoms with van der Waals surface area (Å²) in [5.41, 5.74) is 2.25. The van der Waals surface area contributed by atoms with Gasteiger partial charge in [0.2, 0.25) is 0 Å². The quantitative estimate of drug-likeness (QED) is 0.386. The maximum absolute atomic E-state index is 12.1. The highest BCUT2D eigenvalue weighted by Gasteiger charge is 2.09. The molecule has 0 aliphatic carbocycles. The van der Waals surface area contributed by atoms with E-state index in [1.165, 1.54) is 0 Å². The van der Waals surface area contributed by atoms with E-state index in [9.17, 15) is 9.59 Å². The summed E-state index contributed by atoms with van der Waals surface area (Å²) in [6, 6.07) is 21.3. The second-order valence-corrected chi connectivity index (χ2v) is 6.42. The van der Waals surface area contributed by atoms with Crippen molar-refractivity contribution >= 4 is 27.8 Å². The summed E-state index contributed by atoms with van der Waals surface area (Å²) < 4.78 is 12.1. The van der Waals surface area contributed by atoms with Crippen molar-refractivity contribution in [3.05, 3.63) is 82.8 Å². The minimum absolute atomic E-state index is 0.236. The predicted octanol–water partition coefficient (Wildman–Crippen LogP) is 3.92. The van der Waals surface area contributed by atoms with Gasteiger partial charge >= 0.3 is 11.7 Å². The van der Waals surface area contributed by atoms with E-state index in [1.54, 1.807) is 10.6 Å². The molecule has 0 aliphatic heterocycles. The average Bonchev–Trinajstić information content (AvgIpc) is 3.00. The van der Waals surface area contributed by atoms with Crippen molar-refractivity contribution < 1.29 is 13.9 Å². The lowest BCUT2D eigenvalue weighted by atomic mass is 10.1. The Balaban J connectivity index is 1.31. The van der Waals surface area contributed by atoms with Crippen LogP contribution in [0.1, 0.15) is 12.0 Å². The van der Waals surface area contributed by atoms with Crippen LogP contribution in [0.4, 0.5) is 0 Å². The maximum atomic E-state index is 12.1. The van der Waals surface area contributed by atoms with Gasteiger partial charge in [0.25, 0.3) is 0 Å². The van der Waals surface area contributed by atoms with E-state index in [4.69, 9.17) is 9.15 Å². The molecule has 0 spiro atoms. The third kappa shape index (κ3) is 3.77. The first kappa shape index (κ1) is 17.1. The summed E-state index contributed by atoms with van der Waals surface area (Å²) in [7, 11) is 0. The molecule has 0 amide bonds. The molecule has 0 N–H and O–H groups in total. The van der Waals surface area contributed by atoms with Crippen LogP contribution in [0.3, 0.4) is 0 Å². The van der Waals surface area contributed by atoms with E-state index in [-0.39, 0.29) is 19.0 Å². The first-order valence-electron chi connectivity index (χ1n) is 8.92. The monoisotopic (exact) mass is 361 g/mol. The Hall–Kier alpha value is -3.34. The molecule has 5 heteroatoms. The van der Waals surface area contributed by atoms with E-state index in [1.807, 2.05) is 60.7 Å². The summed E-state index contributed by atoms with van der Waals surface area (Å²) in [5.74, 6) is -0.659. The van der Waals surface area contributed by atoms with E-state index in [2.05, 4.69) is 0 Å². The molecule has 27 heavy (non-hydrogen) atoms. The van der Waals surface area contributed by atoms with Gasteiger partial charge in [0.1, 0.15) is 0 Å². The Morgan fingerprint density at radius 3 is 2.63 bits per heavy atom. The predicted molar refractivity (Wildman–Crippen MR) is 104 cm³/mol. The molecule has 0 fully saturated rings. The van der Waals surface area contributed by atoms with Crippen LogP contribution >= 0.6 is 0 Å². The number of para-hydroxylation sites is 2. The van der Waals surface area contributed by atoms with Gasteiger partial charge in [-0.2, -0.15) is 0 Å². The minimum atomic E-state index is -0.390. The molecule has 0 aliphatic rings. The van der Waals surface area contributed by atoms with Crippen LogP contribution in [0, 0.1) is 0 Å². The molecule has 0 unspecified atom stereocenters. The highest BCUT2D eigenvalue weighted by Crippen LogP contribution is 2.16. The molecular formula is C22H19NO4. The number of carbonyl (C=O) groups excluding carboxylic acids is 1. The van der Waals surface area contributed by atoms with Gasteiger partial charge in [-0.05, 0) is 34.9 Å². The van der Waals surface area contributed by atoms with Crippen molar-refractivity contribution in [2.45, 2.75) is 19.4 Å². The second-order valence-electron chi connectivity index (χ2n) is 6.42. The number of fused-ring (bicyclic) bond motifs is 2. The van der Waals surface area contributed by atoms with Crippen LogP contribution in [0.5, 0.6) is 0 Å². The zero-order valence-electron chi connectivity index (χ0n) is 14.8. The van der Waals surface area contributed by atoms with Gasteiger partial charge in [-0.15, -0.1) is 0 Å². The summed E-state index contributed by atoms with van der Waals surface area (Å²) in [6.07, 6.45) is 0.784. The highest BCUT2D eigenvalue weighted by molar-refractivity contribution is 5.84. The lowest BCUT2D eigenvalue weighted by Crippen LogP contribution is -2.16. The zero-order valence-corrected chi connectivity index (χ0v) is 14.8. The van der Waals surface area contributed by atoms with Crippen molar-refractivity contribution in [3.63, 3.8) is 0 Å². The summed E-state index contributed by atoms with van der Waals surface area (Å²) in [4.78, 5) is 24.0. The lowest BCUT2D eigenvalue weighted by molar-refractivity contribution is -0.142. The van der Waals surface area contributed by atoms with Crippen molar-refractivity contribution in [3.8, 4) is 0 Å². The van der Waals surface area contributed by atoms with Crippen LogP contribution in [-0.4, -0.2) is 17.1 Å². The fourth-order valence-corrected chi connectivity index (χ4v) is 3.20. The van der Waals surface area contributed by atoms with Crippen LogP contribution in [0.2, 0.25) is 0 Å². The summed E-state index contributed by atoms with van der Waals surface area (Å²) in [6.45, 7) is 0.706. The SMILES string of the molecule is O=C(Cc1ccc2ccccc2c1)OCCCn1c(=O)oc2ccccc21. The molecule has 136 valence electrons. The van der Waals surface area contributed by atoms with Crippen LogP contribution in [-0.2, 0) is 22.5 Å². The Kier molecular flexibility index (Phi) is 4.75. The molecule has 0 radical (unpaired) electrons. The van der Waals surface area contributed by atoms with Gasteiger partial charge in [-0.3, -0.25) is 9.36 Å². The Labute approximate surface area is 155 Å². The Morgan fingerprint density at radius 2 is 1.74 bits per heavy atom. The molecule has 0 atom stereocenters. The number of hydrogen-bond acceptors (Lipinski definition) is 4. The van der Waals surface area contributed by atoms with Gasteiger partial charge in [0.05, 0.1) is 18.5 Å². The number of rotatable bonds is 6. The lowest BCUT2D eigenvalue weighted by Gasteiger charge is -2.06. The molecule has 1 aromatic heterocycles. The summed E-state index contributed by atoms with van der Waals surface area (Å²) in [5, 5.41) is 2.25. The first-order chi connectivity index (χ1) is 13.2. The van der Waals surface area contributed by atoms with E-state index in [0.29, 0.717) is 18.5 Å². The first-order valence-corrected chi connectivity index (χ1v) is 8.92. The van der Waals surface area contributed by atoms with Gasteiger partial charge in [0, 0.05) is 6.54 Å². The standard InChI is InChI=1S/C22H19NO4/c24-21(15-16-10-11-17-6-1-2-7-18(17)14-16)26-13-5-12-23-19-8-3-4-9-20(19)27-22(23)25/h1-4,6-11,14H,5,12-13,15H2. The number of carbonyl (C=O) groups is 1. The molecule has 0 saturated heterocycles. The van der Waals surface area contributed by atoms with E-state index >= 15 is 0 Å². The zero-order chi connectivity index (χ0) is 18.6. The number of aromatic nitrogens is 1. The van der Waals surface area contributed by atoms with E-state index < -0.39 is 5.76 Å². The Bertz CT molecular complexity index is 1160. The fraction of sp³-hybridized carbons (Fsp3) is 0.182. The molecular weight excluding hydrogens is 342 g/mol. The molecule has 3 aromatic carbocycles. The third-order valence-electron chi connectivity index (χ3n) is 4.53. The van der Waals surface area contributed by atoms with Crippen molar-refractivity contribution in [2.24, 2.45) is 0 Å². The fourth-order valence-electron chi connectivity index (χ4n) is 3.20. The van der Waals surface area contributed by atoms with Gasteiger partial charge in [-0.25, -0.2) is 4.79 Å². The van der Waals surface area contributed by atoms with Crippen LogP contribution in [0.15, 0.2) is 75.9 Å². The summed E-state index contributed by atoms with van der Waals surface area (Å²) >= 11 is 0. The normalized spacial score (nSPS) is 11.1. The van der Waals surface area contributed by atoms with Crippen LogP contribution in [0.25, 0.3) is 21.9 Å². The number of aryl methyl sites for hydroxylation is 1. The van der Waals surface area contributed by atoms with Gasteiger partial charge in [-0.1, -0.05) is 54.6 Å². The van der Waals surface area contributed by atoms with Crippen molar-refractivity contribution in [2.75, 3.05) is 6.61 Å². The minimum Gasteiger partial charge on any atom is -0.465 e. The highest BCUT2D eigenvalue weighted by atomic mass is 16.5. The number of hydrogen-bond donors (Lipinski definition) is 0. The van der Waals surface area contributed by atoms with Crippen molar-refractivity contribution in [1.82, 2.24) is 4.57 Å². The molecule has 0 saturated carbocycles. The molecule has 4 aromatic rings. The smallest absolute Gasteiger partial charge is 0.419 e. The number of esters is 1. The number of benzene rings is 3. The topological polar surface area (TPSA) is 61.4 Å². The van der Waals surface area contributed by atoms with Crippen molar-refractivity contribution in [1.29, 1.82) is 0 Å². The molecule has 4 rings (SSSR count). The number of oxazole rings is 1.